The Morgan fingerprint density at radius 2 is 2.27 bits per heavy atom. The normalized spacial score (nSPS) is 17.2. The number of aromatic nitrogens is 7. The molecule has 4 heterocycles. The minimum Gasteiger partial charge on any atom is -0.367 e. The number of aryl methyl sites for hydroxylation is 2. The van der Waals surface area contributed by atoms with E-state index in [1.165, 1.54) is 0 Å². The summed E-state index contributed by atoms with van der Waals surface area (Å²) in [6.07, 6.45) is 3.49. The van der Waals surface area contributed by atoms with E-state index in [0.29, 0.717) is 24.7 Å². The van der Waals surface area contributed by atoms with Gasteiger partial charge in [-0.1, -0.05) is 0 Å². The van der Waals surface area contributed by atoms with Gasteiger partial charge in [-0.25, -0.2) is 19.9 Å². The van der Waals surface area contributed by atoms with Crippen LogP contribution in [0.5, 0.6) is 0 Å². The Hall–Kier alpha value is -3.24. The van der Waals surface area contributed by atoms with Crippen LogP contribution in [0.1, 0.15) is 29.3 Å². The summed E-state index contributed by atoms with van der Waals surface area (Å²) in [6.45, 7) is 3.00. The summed E-state index contributed by atoms with van der Waals surface area (Å²) in [5, 5.41) is 14.3. The van der Waals surface area contributed by atoms with Crippen LogP contribution in [0.15, 0.2) is 11.0 Å². The van der Waals surface area contributed by atoms with Gasteiger partial charge in [0, 0.05) is 26.2 Å². The number of carbonyl (C=O) groups is 1. The van der Waals surface area contributed by atoms with Crippen molar-refractivity contribution in [2.45, 2.75) is 25.8 Å². The molecule has 3 N–H and O–H groups in total. The first-order valence-electron chi connectivity index (χ1n) is 8.39. The molecule has 0 aliphatic carbocycles. The van der Waals surface area contributed by atoms with Gasteiger partial charge in [-0.15, -0.1) is 5.10 Å². The number of nitrogens with one attached hydrogen (secondary N) is 3. The zero-order valence-electron chi connectivity index (χ0n) is 14.5. The molecule has 1 fully saturated rings. The lowest BCUT2D eigenvalue weighted by Crippen LogP contribution is -2.40. The highest BCUT2D eigenvalue weighted by molar-refractivity contribution is 5.91. The molecule has 1 amide bonds. The van der Waals surface area contributed by atoms with Gasteiger partial charge in [0.25, 0.3) is 5.91 Å². The predicted octanol–water partition coefficient (Wildman–Crippen LogP) is -0.200. The van der Waals surface area contributed by atoms with Gasteiger partial charge in [0.15, 0.2) is 5.65 Å². The number of fused-ring (bicyclic) bond motifs is 1. The van der Waals surface area contributed by atoms with Crippen molar-refractivity contribution in [1.82, 2.24) is 39.8 Å². The number of anilines is 1. The molecule has 0 aromatic carbocycles. The minimum atomic E-state index is -0.488. The van der Waals surface area contributed by atoms with Gasteiger partial charge in [-0.05, 0) is 19.8 Å². The molecule has 0 radical (unpaired) electrons. The van der Waals surface area contributed by atoms with E-state index < -0.39 is 5.69 Å². The summed E-state index contributed by atoms with van der Waals surface area (Å²) in [5.41, 5.74) is 0.270. The molecule has 136 valence electrons. The van der Waals surface area contributed by atoms with Crippen LogP contribution in [0.3, 0.4) is 0 Å². The average molecular weight is 357 g/mol. The molecule has 0 bridgehead atoms. The Labute approximate surface area is 147 Å². The smallest absolute Gasteiger partial charge is 0.341 e. The zero-order valence-corrected chi connectivity index (χ0v) is 14.5. The van der Waals surface area contributed by atoms with Crippen LogP contribution < -0.4 is 11.0 Å². The number of likely N-dealkylation sites (tertiary alicyclic amines) is 1. The monoisotopic (exact) mass is 357 g/mol. The lowest BCUT2D eigenvalue weighted by atomic mass is 10.2. The van der Waals surface area contributed by atoms with E-state index in [4.69, 9.17) is 0 Å². The lowest BCUT2D eigenvalue weighted by Gasteiger charge is -2.24. The molecule has 3 aromatic heterocycles. The van der Waals surface area contributed by atoms with Crippen molar-refractivity contribution in [3.8, 4) is 0 Å². The summed E-state index contributed by atoms with van der Waals surface area (Å²) in [5.74, 6) is 1.11. The second-order valence-corrected chi connectivity index (χ2v) is 6.33. The maximum Gasteiger partial charge on any atom is 0.341 e. The largest absolute Gasteiger partial charge is 0.367 e. The topological polar surface area (TPSA) is 137 Å². The summed E-state index contributed by atoms with van der Waals surface area (Å²) in [7, 11) is 1.83. The molecule has 0 saturated carbocycles. The zero-order chi connectivity index (χ0) is 18.3. The first kappa shape index (κ1) is 16.2. The Kier molecular flexibility index (Phi) is 3.90. The quantitative estimate of drug-likeness (QED) is 0.588. The van der Waals surface area contributed by atoms with E-state index in [1.54, 1.807) is 15.8 Å². The maximum absolute atomic E-state index is 12.6. The van der Waals surface area contributed by atoms with Crippen LogP contribution >= 0.6 is 0 Å². The molecular weight excluding hydrogens is 338 g/mol. The van der Waals surface area contributed by atoms with Crippen LogP contribution in [0.4, 0.5) is 5.82 Å². The van der Waals surface area contributed by atoms with Crippen LogP contribution in [-0.4, -0.2) is 64.9 Å². The highest BCUT2D eigenvalue weighted by Gasteiger charge is 2.31. The predicted molar refractivity (Wildman–Crippen MR) is 92.8 cm³/mol. The van der Waals surface area contributed by atoms with Gasteiger partial charge in [0.2, 0.25) is 5.82 Å². The third kappa shape index (κ3) is 2.80. The van der Waals surface area contributed by atoms with E-state index >= 15 is 0 Å². The second-order valence-electron chi connectivity index (χ2n) is 6.33. The third-order valence-corrected chi connectivity index (χ3v) is 4.55. The molecular formula is C15H19N9O2. The second kappa shape index (κ2) is 6.24. The fourth-order valence-corrected chi connectivity index (χ4v) is 3.30. The average Bonchev–Trinajstić information content (AvgIpc) is 3.33. The molecule has 11 heteroatoms. The number of hydrogen-bond acceptors (Lipinski definition) is 7. The molecule has 0 spiro atoms. The number of aromatic amines is 2. The van der Waals surface area contributed by atoms with Crippen LogP contribution in [0.2, 0.25) is 0 Å². The van der Waals surface area contributed by atoms with Crippen LogP contribution in [0, 0.1) is 6.92 Å². The van der Waals surface area contributed by atoms with Gasteiger partial charge < -0.3 is 10.2 Å². The van der Waals surface area contributed by atoms with E-state index in [-0.39, 0.29) is 17.8 Å². The fraction of sp³-hybridized carbons (Fsp3) is 0.467. The van der Waals surface area contributed by atoms with Crippen LogP contribution in [-0.2, 0) is 7.05 Å². The van der Waals surface area contributed by atoms with E-state index in [1.807, 2.05) is 14.0 Å². The Morgan fingerprint density at radius 1 is 1.42 bits per heavy atom. The molecule has 11 nitrogen and oxygen atoms in total. The summed E-state index contributed by atoms with van der Waals surface area (Å²) in [4.78, 5) is 36.7. The summed E-state index contributed by atoms with van der Waals surface area (Å²) >= 11 is 0. The number of nitrogens with zero attached hydrogens (tertiary/aromatic N) is 6. The van der Waals surface area contributed by atoms with Crippen molar-refractivity contribution in [1.29, 1.82) is 0 Å². The summed E-state index contributed by atoms with van der Waals surface area (Å²) in [6, 6.07) is -0.00954. The number of amides is 1. The molecule has 1 aliphatic rings. The van der Waals surface area contributed by atoms with Gasteiger partial charge in [-0.2, -0.15) is 5.10 Å². The SMILES string of the molecule is Cc1nc(NCC2CCCN2C(=O)c2n[nH]c(=O)[nH]2)c2cnn(C)c2n1. The van der Waals surface area contributed by atoms with E-state index in [2.05, 4.69) is 35.6 Å². The standard InChI is InChI=1S/C15H19N9O2/c1-8-18-11(10-7-17-23(2)13(10)19-8)16-6-9-4-3-5-24(9)14(25)12-20-15(26)22-21-12/h7,9H,3-6H2,1-2H3,(H,16,18,19)(H2,20,21,22,26). The molecule has 1 atom stereocenters. The molecule has 4 rings (SSSR count). The summed E-state index contributed by atoms with van der Waals surface area (Å²) < 4.78 is 1.70. The van der Waals surface area contributed by atoms with Gasteiger partial charge in [0.05, 0.1) is 11.6 Å². The lowest BCUT2D eigenvalue weighted by molar-refractivity contribution is 0.0731. The molecule has 1 unspecified atom stereocenters. The molecule has 3 aromatic rings. The number of carbonyl (C=O) groups excluding carboxylic acids is 1. The number of H-pyrrole nitrogens is 2. The number of rotatable bonds is 4. The van der Waals surface area contributed by atoms with Crippen LogP contribution in [0.25, 0.3) is 11.0 Å². The van der Waals surface area contributed by atoms with Crippen molar-refractivity contribution < 1.29 is 4.79 Å². The minimum absolute atomic E-state index is 0.00954. The maximum atomic E-state index is 12.6. The van der Waals surface area contributed by atoms with Crippen molar-refractivity contribution in [2.24, 2.45) is 7.05 Å². The molecule has 26 heavy (non-hydrogen) atoms. The fourth-order valence-electron chi connectivity index (χ4n) is 3.30. The van der Waals surface area contributed by atoms with Crippen molar-refractivity contribution in [3.63, 3.8) is 0 Å². The highest BCUT2D eigenvalue weighted by atomic mass is 16.2. The Morgan fingerprint density at radius 3 is 3.04 bits per heavy atom. The molecule has 1 aliphatic heterocycles. The number of hydrogen-bond donors (Lipinski definition) is 3. The van der Waals surface area contributed by atoms with Gasteiger partial charge in [0.1, 0.15) is 11.6 Å². The van der Waals surface area contributed by atoms with E-state index in [9.17, 15) is 9.59 Å². The van der Waals surface area contributed by atoms with Crippen molar-refractivity contribution in [2.75, 3.05) is 18.4 Å². The third-order valence-electron chi connectivity index (χ3n) is 4.55. The van der Waals surface area contributed by atoms with Gasteiger partial charge in [-0.3, -0.25) is 14.5 Å². The Bertz CT molecular complexity index is 1020. The van der Waals surface area contributed by atoms with Gasteiger partial charge >= 0.3 is 5.69 Å². The first-order valence-corrected chi connectivity index (χ1v) is 8.39. The molecule has 1 saturated heterocycles. The van der Waals surface area contributed by atoms with E-state index in [0.717, 1.165) is 23.9 Å². The Balaban J connectivity index is 1.52. The van der Waals surface area contributed by atoms with Crippen molar-refractivity contribution in [3.05, 3.63) is 28.3 Å². The van der Waals surface area contributed by atoms with Crippen molar-refractivity contribution >= 4 is 22.8 Å². The first-order chi connectivity index (χ1) is 12.5. The highest BCUT2D eigenvalue weighted by Crippen LogP contribution is 2.22.